The van der Waals surface area contributed by atoms with Crippen LogP contribution >= 0.6 is 12.0 Å². The molecule has 0 saturated carbocycles. The van der Waals surface area contributed by atoms with Gasteiger partial charge in [0, 0.05) is 30.4 Å². The third-order valence-corrected chi connectivity index (χ3v) is 4.38. The Morgan fingerprint density at radius 2 is 2.19 bits per heavy atom. The Morgan fingerprint density at radius 1 is 1.38 bits per heavy atom. The maximum absolute atomic E-state index is 12.2. The van der Waals surface area contributed by atoms with Crippen molar-refractivity contribution in [3.63, 3.8) is 0 Å². The van der Waals surface area contributed by atoms with Crippen molar-refractivity contribution in [2.45, 2.75) is 24.6 Å². The molecule has 2 heterocycles. The quantitative estimate of drug-likeness (QED) is 0.747. The van der Waals surface area contributed by atoms with Gasteiger partial charge in [-0.3, -0.25) is 4.98 Å². The average molecular weight is 383 g/mol. The minimum Gasteiger partial charge on any atom is -0.369 e. The van der Waals surface area contributed by atoms with Crippen LogP contribution in [0, 0.1) is 11.3 Å². The Morgan fingerprint density at radius 3 is 2.92 bits per heavy atom. The zero-order chi connectivity index (χ0) is 18.7. The number of benzene rings is 1. The summed E-state index contributed by atoms with van der Waals surface area (Å²) in [7, 11) is 0. The van der Waals surface area contributed by atoms with Crippen LogP contribution in [0.2, 0.25) is 0 Å². The van der Waals surface area contributed by atoms with Gasteiger partial charge in [0.15, 0.2) is 0 Å². The highest BCUT2D eigenvalue weighted by molar-refractivity contribution is 7.95. The molecule has 1 aromatic carbocycles. The van der Waals surface area contributed by atoms with Crippen LogP contribution < -0.4 is 4.90 Å². The predicted molar refractivity (Wildman–Crippen MR) is 92.6 cm³/mol. The zero-order valence-corrected chi connectivity index (χ0v) is 14.7. The van der Waals surface area contributed by atoms with E-state index < -0.39 is 23.7 Å². The molecule has 0 bridgehead atoms. The molecule has 0 amide bonds. The van der Waals surface area contributed by atoms with E-state index >= 15 is 0 Å². The van der Waals surface area contributed by atoms with E-state index in [1.165, 1.54) is 0 Å². The second-order valence-corrected chi connectivity index (χ2v) is 6.80. The summed E-state index contributed by atoms with van der Waals surface area (Å²) in [5.41, 5.74) is -2.48. The molecule has 0 spiro atoms. The Labute approximate surface area is 152 Å². The van der Waals surface area contributed by atoms with E-state index in [-0.39, 0.29) is 12.7 Å². The smallest absolute Gasteiger partial charge is 0.369 e. The van der Waals surface area contributed by atoms with Crippen molar-refractivity contribution in [3.05, 3.63) is 36.0 Å². The van der Waals surface area contributed by atoms with Crippen molar-refractivity contribution in [2.24, 2.45) is 0 Å². The number of morpholine rings is 1. The van der Waals surface area contributed by atoms with Crippen LogP contribution in [-0.2, 0) is 8.92 Å². The van der Waals surface area contributed by atoms with Gasteiger partial charge in [0.2, 0.25) is 0 Å². The summed E-state index contributed by atoms with van der Waals surface area (Å²) >= 11 is -0.512. The zero-order valence-electron chi connectivity index (χ0n) is 13.9. The van der Waals surface area contributed by atoms with Gasteiger partial charge < -0.3 is 13.8 Å². The molecule has 1 aliphatic heterocycles. The van der Waals surface area contributed by atoms with Crippen LogP contribution in [-0.4, -0.2) is 42.4 Å². The number of alkyl halides is 3. The van der Waals surface area contributed by atoms with Gasteiger partial charge in [-0.15, -0.1) is 0 Å². The number of hydrogen-bond donors (Lipinski definition) is 0. The summed E-state index contributed by atoms with van der Waals surface area (Å²) in [4.78, 5) is 6.32. The second kappa shape index (κ2) is 7.70. The third kappa shape index (κ3) is 4.38. The largest absolute Gasteiger partial charge is 0.467 e. The molecule has 0 aliphatic carbocycles. The van der Waals surface area contributed by atoms with Crippen molar-refractivity contribution < 1.29 is 22.1 Å². The molecular weight excluding hydrogens is 367 g/mol. The number of hydrogen-bond acceptors (Lipinski definition) is 6. The number of halogens is 3. The molecule has 2 aromatic rings. The number of rotatable bonds is 4. The van der Waals surface area contributed by atoms with Crippen molar-refractivity contribution in [2.75, 3.05) is 24.6 Å². The van der Waals surface area contributed by atoms with Crippen molar-refractivity contribution >= 4 is 28.6 Å². The molecule has 1 aliphatic rings. The summed E-state index contributed by atoms with van der Waals surface area (Å²) in [5, 5.41) is 10.1. The number of pyridine rings is 1. The van der Waals surface area contributed by atoms with E-state index in [9.17, 15) is 18.4 Å². The number of fused-ring (bicyclic) bond motifs is 1. The second-order valence-electron chi connectivity index (χ2n) is 5.93. The summed E-state index contributed by atoms with van der Waals surface area (Å²) in [6.07, 6.45) is 0.964. The summed E-state index contributed by atoms with van der Waals surface area (Å²) in [6, 6.07) is 9.33. The van der Waals surface area contributed by atoms with Crippen LogP contribution in [0.15, 0.2) is 30.5 Å². The van der Waals surface area contributed by atoms with Gasteiger partial charge in [-0.1, -0.05) is 0 Å². The average Bonchev–Trinajstić information content (AvgIpc) is 2.59. The third-order valence-electron chi connectivity index (χ3n) is 3.94. The first-order valence-corrected chi connectivity index (χ1v) is 8.67. The molecule has 0 N–H and O–H groups in total. The van der Waals surface area contributed by atoms with Crippen LogP contribution in [0.1, 0.15) is 12.5 Å². The van der Waals surface area contributed by atoms with Gasteiger partial charge in [-0.25, -0.2) is 0 Å². The van der Waals surface area contributed by atoms with E-state index in [2.05, 4.69) is 15.2 Å². The van der Waals surface area contributed by atoms with E-state index in [1.807, 2.05) is 24.0 Å². The van der Waals surface area contributed by atoms with E-state index in [0.29, 0.717) is 24.2 Å². The van der Waals surface area contributed by atoms with Crippen LogP contribution in [0.4, 0.5) is 18.9 Å². The van der Waals surface area contributed by atoms with E-state index in [1.54, 1.807) is 18.3 Å². The minimum atomic E-state index is -4.44. The fourth-order valence-electron chi connectivity index (χ4n) is 3.03. The predicted octanol–water partition coefficient (Wildman–Crippen LogP) is 3.88. The van der Waals surface area contributed by atoms with E-state index in [0.717, 1.165) is 11.1 Å². The van der Waals surface area contributed by atoms with Crippen LogP contribution in [0.25, 0.3) is 10.9 Å². The molecule has 2 atom stereocenters. The highest BCUT2D eigenvalue weighted by Crippen LogP contribution is 2.33. The van der Waals surface area contributed by atoms with Crippen molar-refractivity contribution in [3.8, 4) is 6.07 Å². The Balaban J connectivity index is 1.81. The molecule has 138 valence electrons. The summed E-state index contributed by atoms with van der Waals surface area (Å²) in [5.74, 6) is 0. The fraction of sp³-hybridized carbons (Fsp3) is 0.412. The first kappa shape index (κ1) is 18.8. The molecule has 0 unspecified atom stereocenters. The van der Waals surface area contributed by atoms with Gasteiger partial charge in [0.05, 0.1) is 29.9 Å². The monoisotopic (exact) mass is 383 g/mol. The molecule has 1 fully saturated rings. The molecule has 26 heavy (non-hydrogen) atoms. The number of anilines is 1. The van der Waals surface area contributed by atoms with Gasteiger partial charge in [0.1, 0.15) is 18.1 Å². The molecule has 1 saturated heterocycles. The van der Waals surface area contributed by atoms with E-state index in [4.69, 9.17) is 4.74 Å². The first-order chi connectivity index (χ1) is 12.4. The normalized spacial score (nSPS) is 21.0. The topological polar surface area (TPSA) is 58.4 Å². The maximum Gasteiger partial charge on any atom is 0.467 e. The number of aromatic nitrogens is 1. The number of nitrogens with zero attached hydrogens (tertiary/aromatic N) is 3. The Kier molecular flexibility index (Phi) is 5.55. The lowest BCUT2D eigenvalue weighted by Gasteiger charge is -2.38. The molecule has 9 heteroatoms. The lowest BCUT2D eigenvalue weighted by molar-refractivity contribution is -0.0521. The van der Waals surface area contributed by atoms with Crippen LogP contribution in [0.3, 0.4) is 0 Å². The Hall–Kier alpha value is -2.02. The number of nitriles is 1. The molecular formula is C17H16F3N3O2S. The molecule has 5 nitrogen and oxygen atoms in total. The highest BCUT2D eigenvalue weighted by atomic mass is 32.2. The maximum atomic E-state index is 12.2. The molecule has 0 radical (unpaired) electrons. The Bertz CT molecular complexity index is 825. The lowest BCUT2D eigenvalue weighted by atomic mass is 10.1. The SMILES string of the molecule is C[C@@H]1CN(c2ccc(C#N)c3ncccc23)C[C@H](COSC(F)(F)F)O1. The van der Waals surface area contributed by atoms with Gasteiger partial charge >= 0.3 is 5.51 Å². The summed E-state index contributed by atoms with van der Waals surface area (Å²) in [6.45, 7) is 2.66. The van der Waals surface area contributed by atoms with Crippen LogP contribution in [0.5, 0.6) is 0 Å². The lowest BCUT2D eigenvalue weighted by Crippen LogP contribution is -2.48. The van der Waals surface area contributed by atoms with Gasteiger partial charge in [0.25, 0.3) is 0 Å². The highest BCUT2D eigenvalue weighted by Gasteiger charge is 2.32. The summed E-state index contributed by atoms with van der Waals surface area (Å²) < 4.78 is 47.1. The fourth-order valence-corrected chi connectivity index (χ4v) is 3.39. The van der Waals surface area contributed by atoms with Gasteiger partial charge in [-0.05, 0) is 31.2 Å². The minimum absolute atomic E-state index is 0.169. The first-order valence-electron chi connectivity index (χ1n) is 7.93. The van der Waals surface area contributed by atoms with Crippen molar-refractivity contribution in [1.82, 2.24) is 4.98 Å². The van der Waals surface area contributed by atoms with Gasteiger partial charge in [-0.2, -0.15) is 18.4 Å². The standard InChI is InChI=1S/C17H16F3N3O2S/c1-11-8-23(9-13(25-11)10-24-26-17(18,19)20)15-5-4-12(7-21)16-14(15)3-2-6-22-16/h2-6,11,13H,8-10H2,1H3/t11-,13-/m1/s1. The number of ether oxygens (including phenoxy) is 1. The van der Waals surface area contributed by atoms with Crippen molar-refractivity contribution in [1.29, 1.82) is 5.26 Å². The molecule has 3 rings (SSSR count). The molecule has 1 aromatic heterocycles.